The lowest BCUT2D eigenvalue weighted by Gasteiger charge is -2.09. The van der Waals surface area contributed by atoms with Gasteiger partial charge in [-0.2, -0.15) is 5.26 Å². The van der Waals surface area contributed by atoms with Gasteiger partial charge in [0.05, 0.1) is 6.54 Å². The summed E-state index contributed by atoms with van der Waals surface area (Å²) in [5, 5.41) is 17.8. The highest BCUT2D eigenvalue weighted by molar-refractivity contribution is 8.83. The van der Waals surface area contributed by atoms with E-state index in [2.05, 4.69) is 15.6 Å². The van der Waals surface area contributed by atoms with E-state index in [1.807, 2.05) is 5.40 Å². The van der Waals surface area contributed by atoms with Crippen molar-refractivity contribution in [1.82, 2.24) is 10.6 Å². The van der Waals surface area contributed by atoms with Crippen LogP contribution in [-0.2, 0) is 0 Å². The molecular weight excluding hydrogens is 250 g/mol. The van der Waals surface area contributed by atoms with E-state index in [0.717, 1.165) is 17.5 Å². The number of nitrogens with zero attached hydrogens (tertiary/aromatic N) is 2. The molecule has 0 radical (unpaired) electrons. The van der Waals surface area contributed by atoms with E-state index in [1.165, 1.54) is 11.8 Å². The third-order valence-corrected chi connectivity index (χ3v) is 4.32. The Morgan fingerprint density at radius 1 is 1.73 bits per heavy atom. The second kappa shape index (κ2) is 8.13. The van der Waals surface area contributed by atoms with Gasteiger partial charge in [-0.15, -0.1) is 0 Å². The van der Waals surface area contributed by atoms with Gasteiger partial charge in [0, 0.05) is 18.8 Å². The van der Waals surface area contributed by atoms with Crippen molar-refractivity contribution in [2.75, 3.05) is 25.4 Å². The molecule has 0 aromatic rings. The molecule has 1 saturated heterocycles. The Morgan fingerprint density at radius 3 is 3.33 bits per heavy atom. The highest BCUT2D eigenvalue weighted by Crippen LogP contribution is 2.31. The van der Waals surface area contributed by atoms with Crippen LogP contribution < -0.4 is 16.4 Å². The molecule has 0 bridgehead atoms. The van der Waals surface area contributed by atoms with E-state index in [4.69, 9.17) is 11.0 Å². The summed E-state index contributed by atoms with van der Waals surface area (Å²) in [5.74, 6) is 0.801. The molecule has 0 amide bonds. The van der Waals surface area contributed by atoms with Gasteiger partial charge in [0.2, 0.25) is 0 Å². The van der Waals surface area contributed by atoms with Crippen LogP contribution >= 0.6 is 33.3 Å². The minimum absolute atomic E-state index is 0.186. The predicted molar refractivity (Wildman–Crippen MR) is 69.5 cm³/mol. The van der Waals surface area contributed by atoms with Gasteiger partial charge >= 0.3 is 0 Å². The molecule has 1 aliphatic heterocycles. The van der Waals surface area contributed by atoms with Gasteiger partial charge < -0.3 is 11.1 Å². The number of amidine groups is 1. The first-order chi connectivity index (χ1) is 7.36. The van der Waals surface area contributed by atoms with Gasteiger partial charge in [-0.05, 0) is 33.3 Å². The molecular formula is C7H13N5S3. The highest BCUT2D eigenvalue weighted by Gasteiger charge is 2.19. The summed E-state index contributed by atoms with van der Waals surface area (Å²) in [6.07, 6.45) is 0. The maximum Gasteiger partial charge on any atom is 0.169 e. The molecule has 5 nitrogen and oxygen atoms in total. The summed E-state index contributed by atoms with van der Waals surface area (Å²) in [7, 11) is 3.31. The lowest BCUT2D eigenvalue weighted by Crippen LogP contribution is -2.38. The Labute approximate surface area is 101 Å². The van der Waals surface area contributed by atoms with E-state index in [9.17, 15) is 0 Å². The van der Waals surface area contributed by atoms with Gasteiger partial charge in [0.1, 0.15) is 10.9 Å². The summed E-state index contributed by atoms with van der Waals surface area (Å²) in [6.45, 7) is 2.05. The second-order valence-corrected chi connectivity index (χ2v) is 5.75. The molecule has 1 unspecified atom stereocenters. The molecule has 0 saturated carbocycles. The molecule has 4 N–H and O–H groups in total. The van der Waals surface area contributed by atoms with E-state index < -0.39 is 0 Å². The van der Waals surface area contributed by atoms with Crippen LogP contribution in [0.4, 0.5) is 0 Å². The summed E-state index contributed by atoms with van der Waals surface area (Å²) in [5.41, 5.74) is 5.54. The van der Waals surface area contributed by atoms with E-state index in [1.54, 1.807) is 21.6 Å². The monoisotopic (exact) mass is 263 g/mol. The molecule has 1 heterocycles. The van der Waals surface area contributed by atoms with Crippen molar-refractivity contribution < 1.29 is 0 Å². The number of aliphatic imine (C=N–C) groups is 1. The SMILES string of the molecule is N#CSCCNC1NC(=NCCN)SS1. The summed E-state index contributed by atoms with van der Waals surface area (Å²) in [4.78, 5) is 4.26. The Bertz CT molecular complexity index is 252. The molecule has 84 valence electrons. The quantitative estimate of drug-likeness (QED) is 0.363. The van der Waals surface area contributed by atoms with Crippen molar-refractivity contribution in [2.24, 2.45) is 10.7 Å². The lowest BCUT2D eigenvalue weighted by atomic mass is 10.7. The standard InChI is InChI=1S/C7H13N5S3/c8-1-2-10-6-12-7(15-14-6)11-3-4-13-5-9/h7,11H,1-4,8H2,(H,10,12). The van der Waals surface area contributed by atoms with Gasteiger partial charge in [-0.3, -0.25) is 10.3 Å². The number of nitrogens with one attached hydrogen (secondary N) is 2. The number of hydrogen-bond acceptors (Lipinski definition) is 7. The van der Waals surface area contributed by atoms with Crippen molar-refractivity contribution >= 4 is 38.5 Å². The molecule has 0 aromatic heterocycles. The van der Waals surface area contributed by atoms with E-state index in [0.29, 0.717) is 13.1 Å². The van der Waals surface area contributed by atoms with Crippen LogP contribution in [0, 0.1) is 10.7 Å². The zero-order valence-corrected chi connectivity index (χ0v) is 10.6. The third-order valence-electron chi connectivity index (χ3n) is 1.46. The van der Waals surface area contributed by atoms with Crippen LogP contribution in [0.2, 0.25) is 0 Å². The zero-order chi connectivity index (χ0) is 10.9. The number of rotatable bonds is 6. The lowest BCUT2D eigenvalue weighted by molar-refractivity contribution is 0.659. The third kappa shape index (κ3) is 5.53. The zero-order valence-electron chi connectivity index (χ0n) is 8.10. The van der Waals surface area contributed by atoms with Crippen molar-refractivity contribution in [2.45, 2.75) is 5.50 Å². The molecule has 15 heavy (non-hydrogen) atoms. The van der Waals surface area contributed by atoms with Crippen LogP contribution in [0.25, 0.3) is 0 Å². The number of hydrogen-bond donors (Lipinski definition) is 3. The summed E-state index contributed by atoms with van der Waals surface area (Å²) < 4.78 is 0. The molecule has 8 heteroatoms. The molecule has 0 spiro atoms. The largest absolute Gasteiger partial charge is 0.339 e. The Morgan fingerprint density at radius 2 is 2.60 bits per heavy atom. The molecule has 1 atom stereocenters. The van der Waals surface area contributed by atoms with Gasteiger partial charge in [0.15, 0.2) is 5.17 Å². The van der Waals surface area contributed by atoms with Crippen LogP contribution in [-0.4, -0.2) is 36.1 Å². The maximum atomic E-state index is 8.33. The van der Waals surface area contributed by atoms with Crippen LogP contribution in [0.3, 0.4) is 0 Å². The van der Waals surface area contributed by atoms with Crippen LogP contribution in [0.1, 0.15) is 0 Å². The average molecular weight is 263 g/mol. The van der Waals surface area contributed by atoms with Crippen molar-refractivity contribution in [3.63, 3.8) is 0 Å². The normalized spacial score (nSPS) is 22.7. The second-order valence-electron chi connectivity index (χ2n) is 2.57. The fourth-order valence-corrected chi connectivity index (χ4v) is 3.31. The van der Waals surface area contributed by atoms with Gasteiger partial charge in [0.25, 0.3) is 0 Å². The Kier molecular flexibility index (Phi) is 7.04. The number of nitriles is 1. The Balaban J connectivity index is 2.11. The average Bonchev–Trinajstić information content (AvgIpc) is 2.69. The highest BCUT2D eigenvalue weighted by atomic mass is 33.1. The molecule has 0 aromatic carbocycles. The molecule has 1 rings (SSSR count). The summed E-state index contributed by atoms with van der Waals surface area (Å²) in [6, 6.07) is 0. The minimum Gasteiger partial charge on any atom is -0.339 e. The molecule has 1 aliphatic rings. The number of thioether (sulfide) groups is 1. The smallest absolute Gasteiger partial charge is 0.169 e. The molecule has 1 fully saturated rings. The first kappa shape index (κ1) is 13.0. The van der Waals surface area contributed by atoms with Crippen molar-refractivity contribution in [3.8, 4) is 5.40 Å². The minimum atomic E-state index is 0.186. The van der Waals surface area contributed by atoms with Crippen LogP contribution in [0.15, 0.2) is 4.99 Å². The van der Waals surface area contributed by atoms with E-state index >= 15 is 0 Å². The summed E-state index contributed by atoms with van der Waals surface area (Å²) >= 11 is 1.26. The fraction of sp³-hybridized carbons (Fsp3) is 0.714. The molecule has 0 aliphatic carbocycles. The Hall–Kier alpha value is -0.0700. The first-order valence-corrected chi connectivity index (χ1v) is 7.65. The van der Waals surface area contributed by atoms with E-state index in [-0.39, 0.29) is 5.50 Å². The first-order valence-electron chi connectivity index (χ1n) is 4.45. The fourth-order valence-electron chi connectivity index (χ4n) is 0.864. The van der Waals surface area contributed by atoms with Gasteiger partial charge in [-0.25, -0.2) is 0 Å². The number of nitrogens with two attached hydrogens (primary N) is 1. The maximum absolute atomic E-state index is 8.33. The topological polar surface area (TPSA) is 86.2 Å². The number of thiocyanates is 1. The van der Waals surface area contributed by atoms with Crippen LogP contribution in [0.5, 0.6) is 0 Å². The van der Waals surface area contributed by atoms with Crippen molar-refractivity contribution in [1.29, 1.82) is 5.26 Å². The predicted octanol–water partition coefficient (Wildman–Crippen LogP) is 0.373. The van der Waals surface area contributed by atoms with Crippen molar-refractivity contribution in [3.05, 3.63) is 0 Å². The van der Waals surface area contributed by atoms with Gasteiger partial charge in [-0.1, -0.05) is 0 Å².